The minimum absolute atomic E-state index is 0.178. The molecule has 0 aliphatic heterocycles. The van der Waals surface area contributed by atoms with Crippen molar-refractivity contribution < 1.29 is 23.8 Å². The number of methoxy groups -OCH3 is 2. The Morgan fingerprint density at radius 3 is 2.42 bits per heavy atom. The number of ether oxygens (including phenoxy) is 3. The highest BCUT2D eigenvalue weighted by molar-refractivity contribution is 6.33. The van der Waals surface area contributed by atoms with E-state index < -0.39 is 0 Å². The summed E-state index contributed by atoms with van der Waals surface area (Å²) in [7, 11) is 3.04. The lowest BCUT2D eigenvalue weighted by Crippen LogP contribution is -2.20. The number of ketones is 1. The van der Waals surface area contributed by atoms with Crippen LogP contribution in [0.1, 0.15) is 21.5 Å². The quantitative estimate of drug-likeness (QED) is 0.330. The molecule has 1 amide bonds. The van der Waals surface area contributed by atoms with Gasteiger partial charge in [-0.2, -0.15) is 0 Å². The van der Waals surface area contributed by atoms with E-state index in [4.69, 9.17) is 25.8 Å². The molecule has 1 N–H and O–H groups in total. The molecule has 0 radical (unpaired) electrons. The zero-order valence-corrected chi connectivity index (χ0v) is 19.3. The third kappa shape index (κ3) is 6.37. The first-order valence-electron chi connectivity index (χ1n) is 10.1. The molecule has 0 saturated heterocycles. The van der Waals surface area contributed by atoms with Crippen molar-refractivity contribution in [1.29, 1.82) is 0 Å². The van der Waals surface area contributed by atoms with Crippen LogP contribution >= 0.6 is 11.6 Å². The molecule has 0 aliphatic rings. The fourth-order valence-corrected chi connectivity index (χ4v) is 3.25. The van der Waals surface area contributed by atoms with E-state index in [1.165, 1.54) is 20.3 Å². The second-order valence-corrected chi connectivity index (χ2v) is 7.54. The van der Waals surface area contributed by atoms with Gasteiger partial charge in [0.05, 0.1) is 30.5 Å². The number of hydrogen-bond donors (Lipinski definition) is 1. The van der Waals surface area contributed by atoms with Crippen molar-refractivity contribution in [3.8, 4) is 17.2 Å². The molecular weight excluding hydrogens is 442 g/mol. The molecule has 0 spiro atoms. The minimum Gasteiger partial charge on any atom is -0.496 e. The largest absolute Gasteiger partial charge is 0.496 e. The normalized spacial score (nSPS) is 10.7. The molecule has 3 aromatic rings. The van der Waals surface area contributed by atoms with Gasteiger partial charge in [-0.15, -0.1) is 0 Å². The van der Waals surface area contributed by atoms with Gasteiger partial charge >= 0.3 is 0 Å². The fraction of sp³-hybridized carbons (Fsp3) is 0.154. The van der Waals surface area contributed by atoms with E-state index in [1.807, 2.05) is 19.1 Å². The topological polar surface area (TPSA) is 73.9 Å². The molecule has 6 nitrogen and oxygen atoms in total. The number of carbonyl (C=O) groups is 2. The molecule has 3 aromatic carbocycles. The van der Waals surface area contributed by atoms with E-state index in [0.717, 1.165) is 11.1 Å². The standard InChI is InChI=1S/C26H24ClNO5/c1-17-8-11-19(24(14-17)31-2)22(29)12-9-18-10-13-23(25(15-18)32-3)33-16-26(30)28-21-7-5-4-6-20(21)27/h4-15H,16H2,1-3H3,(H,28,30)/b12-9+. The average molecular weight is 466 g/mol. The summed E-state index contributed by atoms with van der Waals surface area (Å²) in [6, 6.07) is 17.5. The number of carbonyl (C=O) groups excluding carboxylic acids is 2. The Kier molecular flexibility index (Phi) is 8.11. The van der Waals surface area contributed by atoms with E-state index >= 15 is 0 Å². The minimum atomic E-state index is -0.355. The Bertz CT molecular complexity index is 1190. The maximum absolute atomic E-state index is 12.6. The Labute approximate surface area is 197 Å². The fourth-order valence-electron chi connectivity index (χ4n) is 3.06. The molecule has 0 saturated carbocycles. The Morgan fingerprint density at radius 2 is 1.70 bits per heavy atom. The number of para-hydroxylation sites is 1. The van der Waals surface area contributed by atoms with Gasteiger partial charge in [0.15, 0.2) is 23.9 Å². The van der Waals surface area contributed by atoms with Gasteiger partial charge in [0.2, 0.25) is 0 Å². The average Bonchev–Trinajstić information content (AvgIpc) is 2.82. The number of nitrogens with one attached hydrogen (secondary N) is 1. The monoisotopic (exact) mass is 465 g/mol. The van der Waals surface area contributed by atoms with Gasteiger partial charge in [-0.3, -0.25) is 9.59 Å². The molecule has 0 fully saturated rings. The number of halogens is 1. The zero-order chi connectivity index (χ0) is 23.8. The maximum atomic E-state index is 12.6. The predicted molar refractivity (Wildman–Crippen MR) is 130 cm³/mol. The SMILES string of the molecule is COc1cc(/C=C/C(=O)c2ccc(C)cc2OC)ccc1OCC(=O)Nc1ccccc1Cl. The van der Waals surface area contributed by atoms with Crippen LogP contribution in [0.2, 0.25) is 5.02 Å². The second-order valence-electron chi connectivity index (χ2n) is 7.13. The maximum Gasteiger partial charge on any atom is 0.262 e. The Morgan fingerprint density at radius 1 is 0.939 bits per heavy atom. The summed E-state index contributed by atoms with van der Waals surface area (Å²) in [5.74, 6) is 0.828. The van der Waals surface area contributed by atoms with Gasteiger partial charge < -0.3 is 19.5 Å². The van der Waals surface area contributed by atoms with Crippen molar-refractivity contribution in [2.24, 2.45) is 0 Å². The van der Waals surface area contributed by atoms with Crippen molar-refractivity contribution in [3.05, 3.63) is 88.5 Å². The van der Waals surface area contributed by atoms with Crippen LogP contribution in [0.15, 0.2) is 66.7 Å². The number of allylic oxidation sites excluding steroid dienone is 1. The first kappa shape index (κ1) is 23.9. The van der Waals surface area contributed by atoms with Crippen LogP contribution in [0.25, 0.3) is 6.08 Å². The predicted octanol–water partition coefficient (Wildman–Crippen LogP) is 5.58. The summed E-state index contributed by atoms with van der Waals surface area (Å²) in [6.07, 6.45) is 3.15. The summed E-state index contributed by atoms with van der Waals surface area (Å²) >= 11 is 6.05. The highest BCUT2D eigenvalue weighted by Crippen LogP contribution is 2.29. The van der Waals surface area contributed by atoms with Crippen LogP contribution in [0, 0.1) is 6.92 Å². The number of benzene rings is 3. The van der Waals surface area contributed by atoms with E-state index in [-0.39, 0.29) is 18.3 Å². The van der Waals surface area contributed by atoms with Crippen LogP contribution in [0.4, 0.5) is 5.69 Å². The molecule has 0 heterocycles. The molecule has 0 aromatic heterocycles. The summed E-state index contributed by atoms with van der Waals surface area (Å²) < 4.78 is 16.3. The Balaban J connectivity index is 1.66. The zero-order valence-electron chi connectivity index (χ0n) is 18.6. The number of aryl methyl sites for hydroxylation is 1. The van der Waals surface area contributed by atoms with Crippen molar-refractivity contribution in [3.63, 3.8) is 0 Å². The first-order valence-corrected chi connectivity index (χ1v) is 10.5. The highest BCUT2D eigenvalue weighted by Gasteiger charge is 2.12. The molecular formula is C26H24ClNO5. The summed E-state index contributed by atoms with van der Waals surface area (Å²) in [4.78, 5) is 24.8. The lowest BCUT2D eigenvalue weighted by molar-refractivity contribution is -0.118. The van der Waals surface area contributed by atoms with Crippen LogP contribution in [0.3, 0.4) is 0 Å². The summed E-state index contributed by atoms with van der Waals surface area (Å²) in [5.41, 5.74) is 2.73. The Hall–Kier alpha value is -3.77. The van der Waals surface area contributed by atoms with Gasteiger partial charge in [0, 0.05) is 0 Å². The smallest absolute Gasteiger partial charge is 0.262 e. The van der Waals surface area contributed by atoms with E-state index in [1.54, 1.807) is 54.6 Å². The van der Waals surface area contributed by atoms with Gasteiger partial charge in [-0.1, -0.05) is 41.9 Å². The molecule has 0 aliphatic carbocycles. The number of hydrogen-bond acceptors (Lipinski definition) is 5. The second kappa shape index (κ2) is 11.2. The van der Waals surface area contributed by atoms with E-state index in [9.17, 15) is 9.59 Å². The van der Waals surface area contributed by atoms with Crippen LogP contribution in [-0.2, 0) is 4.79 Å². The van der Waals surface area contributed by atoms with Crippen LogP contribution < -0.4 is 19.5 Å². The van der Waals surface area contributed by atoms with E-state index in [2.05, 4.69) is 5.32 Å². The lowest BCUT2D eigenvalue weighted by atomic mass is 10.1. The van der Waals surface area contributed by atoms with Gasteiger partial charge in [-0.25, -0.2) is 0 Å². The third-order valence-corrected chi connectivity index (χ3v) is 5.07. The molecule has 33 heavy (non-hydrogen) atoms. The van der Waals surface area contributed by atoms with Gasteiger partial charge in [-0.05, 0) is 60.5 Å². The van der Waals surface area contributed by atoms with Crippen molar-refractivity contribution >= 4 is 35.1 Å². The molecule has 0 bridgehead atoms. The molecule has 0 unspecified atom stereocenters. The number of amides is 1. The van der Waals surface area contributed by atoms with Crippen molar-refractivity contribution in [2.45, 2.75) is 6.92 Å². The van der Waals surface area contributed by atoms with Crippen molar-refractivity contribution in [2.75, 3.05) is 26.1 Å². The summed E-state index contributed by atoms with van der Waals surface area (Å²) in [6.45, 7) is 1.71. The third-order valence-electron chi connectivity index (χ3n) is 4.74. The van der Waals surface area contributed by atoms with E-state index in [0.29, 0.717) is 33.5 Å². The lowest BCUT2D eigenvalue weighted by Gasteiger charge is -2.12. The highest BCUT2D eigenvalue weighted by atomic mass is 35.5. The summed E-state index contributed by atoms with van der Waals surface area (Å²) in [5, 5.41) is 3.14. The van der Waals surface area contributed by atoms with Gasteiger partial charge in [0.25, 0.3) is 5.91 Å². The molecule has 170 valence electrons. The number of anilines is 1. The molecule has 0 atom stereocenters. The van der Waals surface area contributed by atoms with Crippen LogP contribution in [-0.4, -0.2) is 32.5 Å². The van der Waals surface area contributed by atoms with Crippen molar-refractivity contribution in [1.82, 2.24) is 0 Å². The van der Waals surface area contributed by atoms with Crippen LogP contribution in [0.5, 0.6) is 17.2 Å². The first-order chi connectivity index (χ1) is 15.9. The molecule has 7 heteroatoms. The number of rotatable bonds is 9. The van der Waals surface area contributed by atoms with Gasteiger partial charge in [0.1, 0.15) is 5.75 Å². The molecule has 3 rings (SSSR count).